The molecule has 74 valence electrons. The number of nitrogens with zero attached hydrogens (tertiary/aromatic N) is 1. The van der Waals surface area contributed by atoms with Crippen LogP contribution in [0.15, 0.2) is 23.3 Å². The van der Waals surface area contributed by atoms with Gasteiger partial charge in [0.25, 0.3) is 0 Å². The van der Waals surface area contributed by atoms with E-state index in [4.69, 9.17) is 10.9 Å². The van der Waals surface area contributed by atoms with Crippen LogP contribution in [0.3, 0.4) is 0 Å². The van der Waals surface area contributed by atoms with Crippen molar-refractivity contribution in [2.24, 2.45) is 10.9 Å². The quantitative estimate of drug-likeness (QED) is 0.612. The molecule has 0 atom stereocenters. The lowest BCUT2D eigenvalue weighted by molar-refractivity contribution is 0.417. The van der Waals surface area contributed by atoms with Crippen molar-refractivity contribution in [1.82, 2.24) is 4.90 Å². The van der Waals surface area contributed by atoms with Crippen molar-refractivity contribution in [2.75, 3.05) is 19.6 Å². The fourth-order valence-electron chi connectivity index (χ4n) is 1.08. The fraction of sp³-hybridized carbons (Fsp3) is 0.429. The molecule has 0 aromatic rings. The van der Waals surface area contributed by atoms with Crippen LogP contribution >= 0.6 is 0 Å². The predicted octanol–water partition coefficient (Wildman–Crippen LogP) is -1.05. The Morgan fingerprint density at radius 2 is 2.23 bits per heavy atom. The molecular weight excluding hydrogens is 190 g/mol. The minimum Gasteiger partial charge on any atom is -0.371 e. The Labute approximate surface area is 77.7 Å². The van der Waals surface area contributed by atoms with E-state index in [9.17, 15) is 8.42 Å². The lowest BCUT2D eigenvalue weighted by atomic mass is 10.3. The second-order valence-electron chi connectivity index (χ2n) is 2.78. The Morgan fingerprint density at radius 1 is 1.54 bits per heavy atom. The number of allylic oxidation sites excluding steroid dienone is 2. The van der Waals surface area contributed by atoms with Gasteiger partial charge in [-0.25, -0.2) is 13.6 Å². The van der Waals surface area contributed by atoms with Gasteiger partial charge >= 0.3 is 0 Å². The van der Waals surface area contributed by atoms with Crippen molar-refractivity contribution in [1.29, 1.82) is 0 Å². The third-order valence-electron chi connectivity index (χ3n) is 1.72. The van der Waals surface area contributed by atoms with Gasteiger partial charge in [-0.3, -0.25) is 0 Å². The maximum Gasteiger partial charge on any atom is 0.235 e. The molecule has 1 aliphatic heterocycles. The number of sulfonamides is 1. The van der Waals surface area contributed by atoms with Crippen LogP contribution in [-0.4, -0.2) is 33.0 Å². The molecule has 0 bridgehead atoms. The van der Waals surface area contributed by atoms with E-state index in [2.05, 4.69) is 0 Å². The molecule has 1 aliphatic rings. The van der Waals surface area contributed by atoms with Crippen LogP contribution in [0.5, 0.6) is 0 Å². The third-order valence-corrected chi connectivity index (χ3v) is 2.72. The normalized spacial score (nSPS) is 17.4. The minimum absolute atomic E-state index is 0.225. The lowest BCUT2D eigenvalue weighted by Gasteiger charge is -2.22. The zero-order valence-electron chi connectivity index (χ0n) is 7.18. The largest absolute Gasteiger partial charge is 0.371 e. The van der Waals surface area contributed by atoms with Gasteiger partial charge in [-0.2, -0.15) is 0 Å². The second kappa shape index (κ2) is 3.91. The van der Waals surface area contributed by atoms with Crippen LogP contribution in [-0.2, 0) is 10.0 Å². The highest BCUT2D eigenvalue weighted by atomic mass is 32.2. The number of rotatable bonds is 3. The van der Waals surface area contributed by atoms with Gasteiger partial charge in [0.2, 0.25) is 10.0 Å². The molecule has 6 heteroatoms. The summed E-state index contributed by atoms with van der Waals surface area (Å²) in [6.07, 6.45) is 4.95. The molecule has 0 amide bonds. The molecule has 0 aliphatic carbocycles. The third kappa shape index (κ3) is 2.83. The van der Waals surface area contributed by atoms with Crippen LogP contribution < -0.4 is 10.9 Å². The number of hydrogen-bond acceptors (Lipinski definition) is 4. The monoisotopic (exact) mass is 203 g/mol. The summed E-state index contributed by atoms with van der Waals surface area (Å²) in [5.74, 6) is 0. The summed E-state index contributed by atoms with van der Waals surface area (Å²) in [6, 6.07) is 0. The van der Waals surface area contributed by atoms with E-state index >= 15 is 0 Å². The van der Waals surface area contributed by atoms with Gasteiger partial charge in [0.05, 0.1) is 11.4 Å². The van der Waals surface area contributed by atoms with Crippen LogP contribution in [0.2, 0.25) is 0 Å². The molecule has 0 aromatic carbocycles. The summed E-state index contributed by atoms with van der Waals surface area (Å²) in [7, 11) is -3.55. The van der Waals surface area contributed by atoms with Crippen LogP contribution in [0.4, 0.5) is 0 Å². The number of hydrogen-bond donors (Lipinski definition) is 2. The molecular formula is C7H13N3O2S. The van der Waals surface area contributed by atoms with Crippen molar-refractivity contribution in [3.8, 4) is 0 Å². The van der Waals surface area contributed by atoms with E-state index in [1.165, 1.54) is 6.08 Å². The van der Waals surface area contributed by atoms with E-state index in [1.54, 1.807) is 17.2 Å². The van der Waals surface area contributed by atoms with E-state index in [0.717, 1.165) is 0 Å². The van der Waals surface area contributed by atoms with Crippen molar-refractivity contribution < 1.29 is 8.42 Å². The highest BCUT2D eigenvalue weighted by Gasteiger charge is 2.15. The average molecular weight is 203 g/mol. The molecule has 0 radical (unpaired) electrons. The summed E-state index contributed by atoms with van der Waals surface area (Å²) < 4.78 is 21.9. The zero-order valence-corrected chi connectivity index (χ0v) is 8.00. The second-order valence-corrected chi connectivity index (χ2v) is 4.39. The molecule has 0 unspecified atom stereocenters. The molecule has 5 nitrogen and oxygen atoms in total. The highest BCUT2D eigenvalue weighted by Crippen LogP contribution is 2.10. The van der Waals surface area contributed by atoms with Crippen LogP contribution in [0.1, 0.15) is 0 Å². The van der Waals surface area contributed by atoms with Gasteiger partial charge < -0.3 is 10.6 Å². The van der Waals surface area contributed by atoms with Gasteiger partial charge in [-0.05, 0) is 18.4 Å². The number of nitrogens with two attached hydrogens (primary N) is 2. The van der Waals surface area contributed by atoms with Crippen LogP contribution in [0, 0.1) is 0 Å². The van der Waals surface area contributed by atoms with Crippen molar-refractivity contribution in [2.45, 2.75) is 0 Å². The molecule has 0 fully saturated rings. The maximum atomic E-state index is 11.0. The summed E-state index contributed by atoms with van der Waals surface area (Å²) in [5.41, 5.74) is 5.34. The maximum absolute atomic E-state index is 11.0. The standard InChI is InChI=1S/C7H13N3O2S/c8-3-5-10-4-1-2-7(6-10)13(9,11)12/h1-2,4H,3,5-6,8H2,(H2,9,11,12). The first-order valence-electron chi connectivity index (χ1n) is 3.88. The Hall–Kier alpha value is -0.850. The lowest BCUT2D eigenvalue weighted by Crippen LogP contribution is -2.31. The summed E-state index contributed by atoms with van der Waals surface area (Å²) in [6.45, 7) is 1.43. The fourth-order valence-corrected chi connectivity index (χ4v) is 1.70. The molecule has 0 saturated heterocycles. The van der Waals surface area contributed by atoms with E-state index in [0.29, 0.717) is 19.6 Å². The predicted molar refractivity (Wildman–Crippen MR) is 51.0 cm³/mol. The zero-order chi connectivity index (χ0) is 9.90. The summed E-state index contributed by atoms with van der Waals surface area (Å²) in [5, 5.41) is 4.98. The van der Waals surface area contributed by atoms with Gasteiger partial charge in [0.1, 0.15) is 0 Å². The first-order chi connectivity index (χ1) is 6.04. The van der Waals surface area contributed by atoms with E-state index in [1.807, 2.05) is 0 Å². The van der Waals surface area contributed by atoms with Crippen molar-refractivity contribution >= 4 is 10.0 Å². The minimum atomic E-state index is -3.55. The Balaban J connectivity index is 2.72. The topological polar surface area (TPSA) is 89.4 Å². The van der Waals surface area contributed by atoms with E-state index < -0.39 is 10.0 Å². The number of primary sulfonamides is 1. The van der Waals surface area contributed by atoms with Crippen molar-refractivity contribution in [3.63, 3.8) is 0 Å². The Bertz CT molecular complexity index is 332. The molecule has 0 saturated carbocycles. The molecule has 0 aromatic heterocycles. The van der Waals surface area contributed by atoms with Gasteiger partial charge in [0.15, 0.2) is 0 Å². The van der Waals surface area contributed by atoms with Crippen molar-refractivity contribution in [3.05, 3.63) is 23.3 Å². The Kier molecular flexibility index (Phi) is 3.07. The molecule has 1 rings (SSSR count). The summed E-state index contributed by atoms with van der Waals surface area (Å²) >= 11 is 0. The Morgan fingerprint density at radius 3 is 2.77 bits per heavy atom. The molecule has 13 heavy (non-hydrogen) atoms. The smallest absolute Gasteiger partial charge is 0.235 e. The van der Waals surface area contributed by atoms with Gasteiger partial charge in [-0.1, -0.05) is 0 Å². The summed E-state index contributed by atoms with van der Waals surface area (Å²) in [4.78, 5) is 2.03. The highest BCUT2D eigenvalue weighted by molar-refractivity contribution is 7.93. The van der Waals surface area contributed by atoms with Crippen LogP contribution in [0.25, 0.3) is 0 Å². The molecule has 0 spiro atoms. The van der Waals surface area contributed by atoms with E-state index in [-0.39, 0.29) is 4.91 Å². The average Bonchev–Trinajstić information content (AvgIpc) is 2.04. The van der Waals surface area contributed by atoms with Gasteiger partial charge in [-0.15, -0.1) is 0 Å². The molecule has 4 N–H and O–H groups in total. The first-order valence-corrected chi connectivity index (χ1v) is 5.43. The first kappa shape index (κ1) is 10.2. The SMILES string of the molecule is NCCN1C=CC=C(S(N)(=O)=O)C1. The molecule has 1 heterocycles. The van der Waals surface area contributed by atoms with Gasteiger partial charge in [0, 0.05) is 13.1 Å².